The second-order valence-corrected chi connectivity index (χ2v) is 3.66. The molecule has 0 aromatic heterocycles. The van der Waals surface area contributed by atoms with Crippen molar-refractivity contribution in [3.63, 3.8) is 0 Å². The predicted molar refractivity (Wildman–Crippen MR) is 55.5 cm³/mol. The van der Waals surface area contributed by atoms with Crippen molar-refractivity contribution in [2.75, 3.05) is 0 Å². The van der Waals surface area contributed by atoms with Crippen LogP contribution in [-0.4, -0.2) is 10.7 Å². The molecule has 4 heteroatoms. The van der Waals surface area contributed by atoms with E-state index in [0.29, 0.717) is 12.8 Å². The Kier molecular flexibility index (Phi) is 6.25. The smallest absolute Gasteiger partial charge is 0.295 e. The Hall–Kier alpha value is -0.800. The highest BCUT2D eigenvalue weighted by atomic mass is 17.0. The molecule has 0 spiro atoms. The van der Waals surface area contributed by atoms with Crippen LogP contribution in [0.4, 0.5) is 0 Å². The first kappa shape index (κ1) is 13.2. The van der Waals surface area contributed by atoms with E-state index < -0.39 is 10.7 Å². The van der Waals surface area contributed by atoms with Gasteiger partial charge in [0.2, 0.25) is 0 Å². The number of nitrogens with zero attached hydrogens (tertiary/aromatic N) is 1. The van der Waals surface area contributed by atoms with Crippen LogP contribution in [0.2, 0.25) is 0 Å². The molecule has 14 heavy (non-hydrogen) atoms. The van der Waals surface area contributed by atoms with Crippen LogP contribution in [0.25, 0.3) is 0 Å². The lowest BCUT2D eigenvalue weighted by Gasteiger charge is -2.28. The van der Waals surface area contributed by atoms with Crippen LogP contribution in [0.3, 0.4) is 0 Å². The fraction of sp³-hybridized carbons (Fsp3) is 1.00. The Morgan fingerprint density at radius 3 is 2.14 bits per heavy atom. The highest BCUT2D eigenvalue weighted by Crippen LogP contribution is 2.27. The summed E-state index contributed by atoms with van der Waals surface area (Å²) >= 11 is 0. The van der Waals surface area contributed by atoms with Crippen molar-refractivity contribution in [1.82, 2.24) is 0 Å². The largest absolute Gasteiger partial charge is 0.307 e. The summed E-state index contributed by atoms with van der Waals surface area (Å²) in [6, 6.07) is 0. The Labute approximate surface area is 85.7 Å². The predicted octanol–water partition coefficient (Wildman–Crippen LogP) is 3.33. The Balaban J connectivity index is 4.14. The molecule has 0 bridgehead atoms. The van der Waals surface area contributed by atoms with Gasteiger partial charge in [-0.3, -0.25) is 0 Å². The standard InChI is InChI=1S/C10H21NO3/c1-4-7-8-9-10(5-2,6-3)14-11(12)13/h4-9H2,1-3H3. The molecule has 0 aliphatic rings. The van der Waals surface area contributed by atoms with Gasteiger partial charge in [-0.05, 0) is 19.3 Å². The molecular weight excluding hydrogens is 182 g/mol. The first-order valence-corrected chi connectivity index (χ1v) is 5.43. The number of hydrogen-bond donors (Lipinski definition) is 0. The molecule has 4 nitrogen and oxygen atoms in total. The monoisotopic (exact) mass is 203 g/mol. The maximum atomic E-state index is 10.3. The lowest BCUT2D eigenvalue weighted by molar-refractivity contribution is -0.782. The Morgan fingerprint density at radius 2 is 1.79 bits per heavy atom. The second-order valence-electron chi connectivity index (χ2n) is 3.66. The molecule has 0 aromatic carbocycles. The second kappa shape index (κ2) is 6.62. The van der Waals surface area contributed by atoms with Crippen LogP contribution in [0.5, 0.6) is 0 Å². The van der Waals surface area contributed by atoms with Crippen molar-refractivity contribution < 1.29 is 9.92 Å². The summed E-state index contributed by atoms with van der Waals surface area (Å²) in [5.41, 5.74) is -0.543. The van der Waals surface area contributed by atoms with Gasteiger partial charge in [-0.2, -0.15) is 0 Å². The fourth-order valence-electron chi connectivity index (χ4n) is 1.63. The van der Waals surface area contributed by atoms with Gasteiger partial charge in [-0.25, -0.2) is 0 Å². The van der Waals surface area contributed by atoms with E-state index >= 15 is 0 Å². The van der Waals surface area contributed by atoms with Crippen molar-refractivity contribution in [3.05, 3.63) is 10.1 Å². The Morgan fingerprint density at radius 1 is 1.21 bits per heavy atom. The third kappa shape index (κ3) is 4.44. The highest BCUT2D eigenvalue weighted by molar-refractivity contribution is 4.75. The van der Waals surface area contributed by atoms with E-state index in [0.717, 1.165) is 25.7 Å². The van der Waals surface area contributed by atoms with Crippen molar-refractivity contribution in [2.24, 2.45) is 0 Å². The average molecular weight is 203 g/mol. The quantitative estimate of drug-likeness (QED) is 0.345. The zero-order valence-electron chi connectivity index (χ0n) is 9.41. The van der Waals surface area contributed by atoms with Crippen LogP contribution >= 0.6 is 0 Å². The van der Waals surface area contributed by atoms with Crippen molar-refractivity contribution in [3.8, 4) is 0 Å². The summed E-state index contributed by atoms with van der Waals surface area (Å²) in [7, 11) is 0. The van der Waals surface area contributed by atoms with E-state index in [-0.39, 0.29) is 0 Å². The van der Waals surface area contributed by atoms with E-state index in [2.05, 4.69) is 6.92 Å². The zero-order valence-corrected chi connectivity index (χ0v) is 9.41. The molecule has 0 saturated carbocycles. The molecule has 0 amide bonds. The summed E-state index contributed by atoms with van der Waals surface area (Å²) in [6.07, 6.45) is 5.44. The molecular formula is C10H21NO3. The normalized spacial score (nSPS) is 11.4. The topological polar surface area (TPSA) is 52.4 Å². The third-order valence-corrected chi connectivity index (χ3v) is 2.79. The summed E-state index contributed by atoms with van der Waals surface area (Å²) in [5, 5.41) is 9.69. The van der Waals surface area contributed by atoms with Gasteiger partial charge in [-0.15, -0.1) is 10.1 Å². The van der Waals surface area contributed by atoms with Crippen LogP contribution in [0, 0.1) is 10.1 Å². The summed E-state index contributed by atoms with van der Waals surface area (Å²) < 4.78 is 0. The van der Waals surface area contributed by atoms with Crippen LogP contribution in [0.15, 0.2) is 0 Å². The summed E-state index contributed by atoms with van der Waals surface area (Å²) in [5.74, 6) is 0. The molecule has 0 aromatic rings. The molecule has 0 heterocycles. The number of rotatable bonds is 8. The average Bonchev–Trinajstić information content (AvgIpc) is 2.16. The maximum Gasteiger partial charge on any atom is 0.295 e. The summed E-state index contributed by atoms with van der Waals surface area (Å²) in [4.78, 5) is 15.2. The first-order valence-electron chi connectivity index (χ1n) is 5.43. The van der Waals surface area contributed by atoms with Crippen LogP contribution < -0.4 is 0 Å². The molecule has 0 saturated heterocycles. The van der Waals surface area contributed by atoms with Gasteiger partial charge >= 0.3 is 0 Å². The van der Waals surface area contributed by atoms with Crippen LogP contribution in [0.1, 0.15) is 59.3 Å². The minimum Gasteiger partial charge on any atom is -0.307 e. The van der Waals surface area contributed by atoms with E-state index in [1.54, 1.807) is 0 Å². The molecule has 0 aliphatic heterocycles. The van der Waals surface area contributed by atoms with E-state index in [1.165, 1.54) is 0 Å². The van der Waals surface area contributed by atoms with Gasteiger partial charge in [0.1, 0.15) is 5.60 Å². The van der Waals surface area contributed by atoms with Gasteiger partial charge in [0.05, 0.1) is 0 Å². The van der Waals surface area contributed by atoms with Gasteiger partial charge < -0.3 is 4.84 Å². The molecule has 0 fully saturated rings. The highest BCUT2D eigenvalue weighted by Gasteiger charge is 2.29. The van der Waals surface area contributed by atoms with E-state index in [9.17, 15) is 10.1 Å². The van der Waals surface area contributed by atoms with Gasteiger partial charge in [-0.1, -0.05) is 40.0 Å². The van der Waals surface area contributed by atoms with Gasteiger partial charge in [0.25, 0.3) is 5.09 Å². The number of hydrogen-bond acceptors (Lipinski definition) is 3. The maximum absolute atomic E-state index is 10.3. The van der Waals surface area contributed by atoms with E-state index in [1.807, 2.05) is 13.8 Å². The zero-order chi connectivity index (χ0) is 11.0. The minimum atomic E-state index is -0.654. The molecule has 0 N–H and O–H groups in total. The first-order chi connectivity index (χ1) is 6.60. The van der Waals surface area contributed by atoms with E-state index in [4.69, 9.17) is 4.84 Å². The SMILES string of the molecule is CCCCCC(CC)(CC)O[N+](=O)[O-]. The van der Waals surface area contributed by atoms with Gasteiger partial charge in [0, 0.05) is 0 Å². The fourth-order valence-corrected chi connectivity index (χ4v) is 1.63. The van der Waals surface area contributed by atoms with Crippen molar-refractivity contribution in [2.45, 2.75) is 64.9 Å². The third-order valence-electron chi connectivity index (χ3n) is 2.79. The molecule has 0 aliphatic carbocycles. The van der Waals surface area contributed by atoms with Gasteiger partial charge in [0.15, 0.2) is 0 Å². The Bertz CT molecular complexity index is 167. The molecule has 84 valence electrons. The number of unbranched alkanes of at least 4 members (excludes halogenated alkanes) is 2. The lowest BCUT2D eigenvalue weighted by atomic mass is 9.91. The molecule has 0 radical (unpaired) electrons. The van der Waals surface area contributed by atoms with Crippen molar-refractivity contribution >= 4 is 0 Å². The van der Waals surface area contributed by atoms with Crippen LogP contribution in [-0.2, 0) is 4.84 Å². The lowest BCUT2D eigenvalue weighted by Crippen LogP contribution is -2.33. The molecule has 0 atom stereocenters. The summed E-state index contributed by atoms with van der Waals surface area (Å²) in [6.45, 7) is 6.01. The molecule has 0 unspecified atom stereocenters. The minimum absolute atomic E-state index is 0.543. The van der Waals surface area contributed by atoms with Crippen molar-refractivity contribution in [1.29, 1.82) is 0 Å². The molecule has 0 rings (SSSR count).